The van der Waals surface area contributed by atoms with E-state index in [1.54, 1.807) is 6.20 Å². The minimum Gasteiger partial charge on any atom is -0.396 e. The molecular weight excluding hydrogens is 965 g/mol. The summed E-state index contributed by atoms with van der Waals surface area (Å²) in [5.74, 6) is -0.0980. The quantitative estimate of drug-likeness (QED) is 0.105. The Labute approximate surface area is 437 Å². The molecule has 1 aliphatic heterocycles. The Morgan fingerprint density at radius 3 is 1.38 bits per heavy atom. The maximum absolute atomic E-state index is 12.4. The van der Waals surface area contributed by atoms with Gasteiger partial charge in [-0.05, 0) is 134 Å². The van der Waals surface area contributed by atoms with Gasteiger partial charge in [0, 0.05) is 57.8 Å². The molecule has 2 amide bonds. The molecule has 0 atom stereocenters. The van der Waals surface area contributed by atoms with Crippen LogP contribution >= 0.6 is 34.0 Å². The third kappa shape index (κ3) is 10.8. The smallest absolute Gasteiger partial charge is 0.240 e. The van der Waals surface area contributed by atoms with Crippen LogP contribution in [0.5, 0.6) is 0 Å². The summed E-state index contributed by atoms with van der Waals surface area (Å²) in [6.07, 6.45) is 9.25. The first kappa shape index (κ1) is 48.1. The number of carbonyl (C=O) groups excluding carboxylic acids is 2. The number of aromatic nitrogens is 3. The molecule has 13 rings (SSSR count). The molecule has 0 spiro atoms. The summed E-state index contributed by atoms with van der Waals surface area (Å²) in [6.45, 7) is 4.34. The first-order valence-electron chi connectivity index (χ1n) is 24.6. The van der Waals surface area contributed by atoms with E-state index in [2.05, 4.69) is 170 Å². The average Bonchev–Trinajstić information content (AvgIpc) is 4.29. The molecule has 14 heteroatoms. The van der Waals surface area contributed by atoms with Gasteiger partial charge in [-0.1, -0.05) is 143 Å². The van der Waals surface area contributed by atoms with Crippen LogP contribution < -0.4 is 16.4 Å². The largest absolute Gasteiger partial charge is 0.396 e. The molecule has 11 nitrogen and oxygen atoms in total. The Hall–Kier alpha value is -7.17. The summed E-state index contributed by atoms with van der Waals surface area (Å²) in [6, 6.07) is 45.5. The molecular formula is C59H54N8O3S3. The van der Waals surface area contributed by atoms with Crippen LogP contribution in [0.25, 0.3) is 64.7 Å². The van der Waals surface area contributed by atoms with E-state index in [0.717, 1.165) is 71.2 Å². The maximum Gasteiger partial charge on any atom is 0.240 e. The number of nitrogens with one attached hydrogen (secondary N) is 2. The number of aliphatic hydroxyl groups excluding tert-OH is 1. The van der Waals surface area contributed by atoms with Gasteiger partial charge in [0.05, 0.1) is 21.2 Å². The van der Waals surface area contributed by atoms with Crippen molar-refractivity contribution in [3.05, 3.63) is 179 Å². The molecule has 5 N–H and O–H groups in total. The third-order valence-electron chi connectivity index (χ3n) is 13.8. The zero-order valence-corrected chi connectivity index (χ0v) is 42.9. The van der Waals surface area contributed by atoms with Crippen molar-refractivity contribution in [2.75, 3.05) is 62.7 Å². The van der Waals surface area contributed by atoms with E-state index in [0.29, 0.717) is 34.8 Å². The van der Waals surface area contributed by atoms with Gasteiger partial charge < -0.3 is 26.4 Å². The molecule has 366 valence electrons. The minimum absolute atomic E-state index is 0.0138. The van der Waals surface area contributed by atoms with Crippen LogP contribution in [0.15, 0.2) is 146 Å². The zero-order chi connectivity index (χ0) is 49.8. The molecule has 4 aliphatic rings. The van der Waals surface area contributed by atoms with Crippen molar-refractivity contribution in [1.82, 2.24) is 24.8 Å². The molecule has 3 aliphatic carbocycles. The topological polar surface area (TPSA) is 150 Å². The number of aliphatic hydroxyl groups is 1. The number of rotatable bonds is 10. The van der Waals surface area contributed by atoms with Crippen LogP contribution in [0.3, 0.4) is 0 Å². The van der Waals surface area contributed by atoms with E-state index in [1.807, 2.05) is 12.4 Å². The van der Waals surface area contributed by atoms with Gasteiger partial charge in [-0.25, -0.2) is 15.0 Å². The Balaban J connectivity index is 0.000000120. The number of piperazine rings is 1. The second kappa shape index (κ2) is 21.5. The molecule has 1 fully saturated rings. The molecule has 9 aromatic rings. The van der Waals surface area contributed by atoms with Gasteiger partial charge in [-0.3, -0.25) is 14.5 Å². The van der Waals surface area contributed by atoms with Crippen molar-refractivity contribution >= 4 is 61.2 Å². The first-order valence-corrected chi connectivity index (χ1v) is 27.1. The molecule has 73 heavy (non-hydrogen) atoms. The standard InChI is InChI=1S/C23H24N4OS.C20H18N2O2S.C16H12N2S/c1-26-8-10-27(11-9-26)15-22(28)25-23-24-14-21(29-23)17-6-7-20-18(13-17)12-16-4-2-3-5-19(16)20;23-9-3-6-19(24)22-20-21-12-18(25-20)14-7-8-17-15(11-14)10-13-4-1-2-5-16(13)17;17-16-18-9-15(19-16)11-5-6-14-12(8-11)7-10-3-1-2-4-13(10)14/h2-7,13-14H,8-12,15H2,1H3,(H,24,25,28);1-2,4-5,7-8,11-12,23H,3,6,9-10H2,(H,21,22,24);1-6,8-9H,7H2,(H2,17,18). The average molecular weight is 1020 g/mol. The van der Waals surface area contributed by atoms with Crippen LogP contribution in [-0.4, -0.2) is 88.1 Å². The lowest BCUT2D eigenvalue weighted by atomic mass is 10.0. The third-order valence-corrected chi connectivity index (χ3v) is 16.6. The van der Waals surface area contributed by atoms with E-state index >= 15 is 0 Å². The summed E-state index contributed by atoms with van der Waals surface area (Å²) in [5.41, 5.74) is 25.5. The second-order valence-corrected chi connectivity index (χ2v) is 21.9. The number of nitrogens with two attached hydrogens (primary N) is 1. The number of hydrogen-bond acceptors (Lipinski definition) is 12. The minimum atomic E-state index is -0.112. The lowest BCUT2D eigenvalue weighted by Gasteiger charge is -2.31. The number of nitrogens with zero attached hydrogens (tertiary/aromatic N) is 5. The number of fused-ring (bicyclic) bond motifs is 9. The van der Waals surface area contributed by atoms with Gasteiger partial charge in [0.1, 0.15) is 0 Å². The van der Waals surface area contributed by atoms with Gasteiger partial charge in [0.2, 0.25) is 11.8 Å². The van der Waals surface area contributed by atoms with E-state index in [9.17, 15) is 9.59 Å². The number of likely N-dealkylation sites (N-methyl/N-ethyl adjacent to an activating group) is 1. The van der Waals surface area contributed by atoms with Crippen LogP contribution in [0.1, 0.15) is 46.2 Å². The second-order valence-electron chi connectivity index (χ2n) is 18.7. The lowest BCUT2D eigenvalue weighted by molar-refractivity contribution is -0.118. The Morgan fingerprint density at radius 1 is 0.534 bits per heavy atom. The van der Waals surface area contributed by atoms with Crippen LogP contribution in [0, 0.1) is 0 Å². The maximum atomic E-state index is 12.4. The monoisotopic (exact) mass is 1020 g/mol. The van der Waals surface area contributed by atoms with Crippen molar-refractivity contribution in [2.24, 2.45) is 0 Å². The number of nitrogen functional groups attached to an aromatic ring is 1. The molecule has 0 bridgehead atoms. The van der Waals surface area contributed by atoms with E-state index < -0.39 is 0 Å². The van der Waals surface area contributed by atoms with Crippen LogP contribution in [0.4, 0.5) is 15.4 Å². The predicted molar refractivity (Wildman–Crippen MR) is 299 cm³/mol. The molecule has 0 unspecified atom stereocenters. The summed E-state index contributed by atoms with van der Waals surface area (Å²) in [4.78, 5) is 44.7. The van der Waals surface area contributed by atoms with Crippen molar-refractivity contribution in [3.8, 4) is 64.7 Å². The first-order chi connectivity index (χ1) is 35.7. The van der Waals surface area contributed by atoms with Crippen molar-refractivity contribution in [1.29, 1.82) is 0 Å². The fourth-order valence-electron chi connectivity index (χ4n) is 10.0. The molecule has 6 aromatic carbocycles. The number of benzene rings is 6. The Morgan fingerprint density at radius 2 is 0.945 bits per heavy atom. The summed E-state index contributed by atoms with van der Waals surface area (Å²) >= 11 is 4.54. The number of thiazole rings is 3. The molecule has 4 heterocycles. The fourth-order valence-corrected chi connectivity index (χ4v) is 12.4. The number of hydrogen-bond donors (Lipinski definition) is 4. The van der Waals surface area contributed by atoms with E-state index in [4.69, 9.17) is 10.8 Å². The van der Waals surface area contributed by atoms with Crippen molar-refractivity contribution in [2.45, 2.75) is 32.1 Å². The van der Waals surface area contributed by atoms with Gasteiger partial charge in [-0.15, -0.1) is 0 Å². The SMILES string of the molecule is CN1CCN(CC(=O)Nc2ncc(-c3ccc4c(c3)Cc3ccccc3-4)s2)CC1.Nc1ncc(-c2ccc3c(c2)Cc2ccccc2-3)s1.O=C(CCCO)Nc1ncc(-c2ccc3c(c2)Cc2ccccc2-3)s1. The Bertz CT molecular complexity index is 3480. The molecule has 1 saturated heterocycles. The van der Waals surface area contributed by atoms with Gasteiger partial charge in [0.25, 0.3) is 0 Å². The van der Waals surface area contributed by atoms with Crippen LogP contribution in [-0.2, 0) is 28.9 Å². The normalized spacial score (nSPS) is 13.8. The highest BCUT2D eigenvalue weighted by Gasteiger charge is 2.23. The van der Waals surface area contributed by atoms with E-state index in [1.165, 1.54) is 106 Å². The zero-order valence-electron chi connectivity index (χ0n) is 40.4. The number of anilines is 3. The molecule has 3 aromatic heterocycles. The number of carbonyl (C=O) groups is 2. The Kier molecular flexibility index (Phi) is 14.2. The number of amides is 2. The van der Waals surface area contributed by atoms with E-state index in [-0.39, 0.29) is 18.4 Å². The van der Waals surface area contributed by atoms with Crippen molar-refractivity contribution < 1.29 is 14.7 Å². The highest BCUT2D eigenvalue weighted by Crippen LogP contribution is 2.42. The lowest BCUT2D eigenvalue weighted by Crippen LogP contribution is -2.47. The summed E-state index contributed by atoms with van der Waals surface area (Å²) in [7, 11) is 2.12. The predicted octanol–water partition coefficient (Wildman–Crippen LogP) is 11.6. The highest BCUT2D eigenvalue weighted by atomic mass is 32.1. The molecule has 0 radical (unpaired) electrons. The van der Waals surface area contributed by atoms with Crippen LogP contribution in [0.2, 0.25) is 0 Å². The summed E-state index contributed by atoms with van der Waals surface area (Å²) in [5, 5.41) is 16.4. The molecule has 0 saturated carbocycles. The van der Waals surface area contributed by atoms with Crippen molar-refractivity contribution in [3.63, 3.8) is 0 Å². The highest BCUT2D eigenvalue weighted by molar-refractivity contribution is 7.19. The summed E-state index contributed by atoms with van der Waals surface area (Å²) < 4.78 is 0. The fraction of sp³-hybridized carbons (Fsp3) is 0.203. The van der Waals surface area contributed by atoms with Gasteiger partial charge in [0.15, 0.2) is 15.4 Å². The van der Waals surface area contributed by atoms with Gasteiger partial charge in [-0.2, -0.15) is 0 Å². The van der Waals surface area contributed by atoms with Gasteiger partial charge >= 0.3 is 0 Å².